The number of esters is 1. The Balaban J connectivity index is 3.43. The summed E-state index contributed by atoms with van der Waals surface area (Å²) in [6.45, 7) is 0. The molecule has 0 amide bonds. The summed E-state index contributed by atoms with van der Waals surface area (Å²) in [4.78, 5) is 10.8. The summed E-state index contributed by atoms with van der Waals surface area (Å²) in [5.74, 6) is -0.115. The van der Waals surface area contributed by atoms with Gasteiger partial charge in [0, 0.05) is 5.75 Å². The first kappa shape index (κ1) is 14.6. The Morgan fingerprint density at radius 3 is 2.53 bits per heavy atom. The van der Waals surface area contributed by atoms with Crippen molar-refractivity contribution >= 4 is 17.7 Å². The largest absolute Gasteiger partial charge is 0.468 e. The van der Waals surface area contributed by atoms with Gasteiger partial charge in [-0.1, -0.05) is 0 Å². The molecule has 0 aliphatic heterocycles. The van der Waals surface area contributed by atoms with Crippen molar-refractivity contribution < 1.29 is 22.7 Å². The molecule has 0 bridgehead atoms. The number of hydrogen-bond acceptors (Lipinski definition) is 4. The molecular weight excluding hydrogens is 231 g/mol. The van der Waals surface area contributed by atoms with Crippen LogP contribution in [0.25, 0.3) is 0 Å². The molecule has 7 heteroatoms. The number of halogens is 3. The fourth-order valence-corrected chi connectivity index (χ4v) is 1.77. The maximum Gasteiger partial charge on any atom is 0.389 e. The highest BCUT2D eigenvalue weighted by molar-refractivity contribution is 7.99. The molecule has 0 aliphatic carbocycles. The number of alkyl halides is 3. The van der Waals surface area contributed by atoms with E-state index in [4.69, 9.17) is 5.73 Å². The van der Waals surface area contributed by atoms with Crippen molar-refractivity contribution in [2.45, 2.75) is 25.1 Å². The molecule has 0 radical (unpaired) electrons. The van der Waals surface area contributed by atoms with Gasteiger partial charge in [0.25, 0.3) is 0 Å². The first-order chi connectivity index (χ1) is 6.87. The summed E-state index contributed by atoms with van der Waals surface area (Å²) in [7, 11) is 1.22. The van der Waals surface area contributed by atoms with Crippen molar-refractivity contribution in [3.8, 4) is 0 Å². The van der Waals surface area contributed by atoms with Crippen molar-refractivity contribution in [2.24, 2.45) is 5.73 Å². The molecule has 0 aromatic rings. The van der Waals surface area contributed by atoms with E-state index in [-0.39, 0.29) is 5.75 Å². The van der Waals surface area contributed by atoms with Crippen LogP contribution in [-0.2, 0) is 9.53 Å². The SMILES string of the molecule is COC(=O)C(N)CCSCCC(F)(F)F. The molecule has 1 atom stereocenters. The van der Waals surface area contributed by atoms with Gasteiger partial charge < -0.3 is 10.5 Å². The first-order valence-electron chi connectivity index (χ1n) is 4.34. The Labute approximate surface area is 90.5 Å². The second-order valence-corrected chi connectivity index (χ2v) is 4.12. The predicted octanol–water partition coefficient (Wildman–Crippen LogP) is 1.56. The van der Waals surface area contributed by atoms with E-state index in [2.05, 4.69) is 4.74 Å². The van der Waals surface area contributed by atoms with Crippen LogP contribution in [0.2, 0.25) is 0 Å². The summed E-state index contributed by atoms with van der Waals surface area (Å²) in [5, 5.41) is 0. The molecule has 0 aromatic heterocycles. The fourth-order valence-electron chi connectivity index (χ4n) is 0.769. The van der Waals surface area contributed by atoms with Crippen molar-refractivity contribution in [2.75, 3.05) is 18.6 Å². The summed E-state index contributed by atoms with van der Waals surface area (Å²) < 4.78 is 39.5. The van der Waals surface area contributed by atoms with Gasteiger partial charge in [0.05, 0.1) is 13.5 Å². The molecule has 2 N–H and O–H groups in total. The standard InChI is InChI=1S/C8H14F3NO2S/c1-14-7(13)6(12)2-4-15-5-3-8(9,10)11/h6H,2-5,12H2,1H3. The number of hydrogen-bond donors (Lipinski definition) is 1. The number of carbonyl (C=O) groups excluding carboxylic acids is 1. The van der Waals surface area contributed by atoms with E-state index in [9.17, 15) is 18.0 Å². The van der Waals surface area contributed by atoms with E-state index >= 15 is 0 Å². The van der Waals surface area contributed by atoms with E-state index in [1.165, 1.54) is 7.11 Å². The maximum absolute atomic E-state index is 11.7. The lowest BCUT2D eigenvalue weighted by Gasteiger charge is -2.09. The third kappa shape index (κ3) is 8.56. The highest BCUT2D eigenvalue weighted by Gasteiger charge is 2.26. The van der Waals surface area contributed by atoms with Gasteiger partial charge in [0.1, 0.15) is 6.04 Å². The number of carbonyl (C=O) groups is 1. The van der Waals surface area contributed by atoms with E-state index < -0.39 is 24.6 Å². The number of methoxy groups -OCH3 is 1. The third-order valence-corrected chi connectivity index (χ3v) is 2.62. The van der Waals surface area contributed by atoms with Crippen LogP contribution in [0, 0.1) is 0 Å². The van der Waals surface area contributed by atoms with Gasteiger partial charge in [-0.2, -0.15) is 24.9 Å². The topological polar surface area (TPSA) is 52.3 Å². The van der Waals surface area contributed by atoms with Crippen LogP contribution in [0.15, 0.2) is 0 Å². The third-order valence-electron chi connectivity index (χ3n) is 1.61. The highest BCUT2D eigenvalue weighted by atomic mass is 32.2. The maximum atomic E-state index is 11.7. The lowest BCUT2D eigenvalue weighted by atomic mass is 10.2. The van der Waals surface area contributed by atoms with E-state index in [1.807, 2.05) is 0 Å². The molecule has 0 aliphatic rings. The summed E-state index contributed by atoms with van der Waals surface area (Å²) in [5.41, 5.74) is 5.39. The molecule has 0 saturated heterocycles. The zero-order valence-electron chi connectivity index (χ0n) is 8.34. The van der Waals surface area contributed by atoms with E-state index in [0.717, 1.165) is 11.8 Å². The van der Waals surface area contributed by atoms with Crippen LogP contribution in [0.4, 0.5) is 13.2 Å². The average molecular weight is 245 g/mol. The molecule has 0 rings (SSSR count). The van der Waals surface area contributed by atoms with E-state index in [1.54, 1.807) is 0 Å². The number of thioether (sulfide) groups is 1. The molecule has 15 heavy (non-hydrogen) atoms. The van der Waals surface area contributed by atoms with Crippen molar-refractivity contribution in [3.05, 3.63) is 0 Å². The molecule has 0 saturated carbocycles. The van der Waals surface area contributed by atoms with Gasteiger partial charge in [-0.15, -0.1) is 0 Å². The van der Waals surface area contributed by atoms with Crippen molar-refractivity contribution in [1.29, 1.82) is 0 Å². The van der Waals surface area contributed by atoms with Crippen LogP contribution in [0.3, 0.4) is 0 Å². The van der Waals surface area contributed by atoms with Gasteiger partial charge >= 0.3 is 12.1 Å². The number of nitrogens with two attached hydrogens (primary N) is 1. The minimum atomic E-state index is -4.11. The van der Waals surface area contributed by atoms with Gasteiger partial charge in [-0.05, 0) is 12.2 Å². The second kappa shape index (κ2) is 6.95. The Morgan fingerprint density at radius 1 is 1.47 bits per heavy atom. The lowest BCUT2D eigenvalue weighted by molar-refractivity contribution is -0.142. The summed E-state index contributed by atoms with van der Waals surface area (Å²) >= 11 is 1.13. The number of rotatable bonds is 6. The fraction of sp³-hybridized carbons (Fsp3) is 0.875. The monoisotopic (exact) mass is 245 g/mol. The molecular formula is C8H14F3NO2S. The molecule has 0 heterocycles. The normalized spacial score (nSPS) is 13.7. The van der Waals surface area contributed by atoms with Crippen molar-refractivity contribution in [1.82, 2.24) is 0 Å². The highest BCUT2D eigenvalue weighted by Crippen LogP contribution is 2.22. The van der Waals surface area contributed by atoms with Gasteiger partial charge in [-0.3, -0.25) is 4.79 Å². The molecule has 3 nitrogen and oxygen atoms in total. The number of ether oxygens (including phenoxy) is 1. The minimum absolute atomic E-state index is 0.00259. The average Bonchev–Trinajstić information content (AvgIpc) is 2.14. The van der Waals surface area contributed by atoms with Gasteiger partial charge in [0.2, 0.25) is 0 Å². The lowest BCUT2D eigenvalue weighted by Crippen LogP contribution is -2.32. The Bertz CT molecular complexity index is 199. The van der Waals surface area contributed by atoms with Gasteiger partial charge in [0.15, 0.2) is 0 Å². The van der Waals surface area contributed by atoms with Gasteiger partial charge in [-0.25, -0.2) is 0 Å². The summed E-state index contributed by atoms with van der Waals surface area (Å²) in [6.07, 6.45) is -4.60. The Kier molecular flexibility index (Phi) is 6.75. The van der Waals surface area contributed by atoms with Crippen LogP contribution < -0.4 is 5.73 Å². The Hall–Kier alpha value is -0.430. The molecule has 0 spiro atoms. The zero-order valence-corrected chi connectivity index (χ0v) is 9.16. The molecule has 1 unspecified atom stereocenters. The predicted molar refractivity (Wildman–Crippen MR) is 52.6 cm³/mol. The summed E-state index contributed by atoms with van der Waals surface area (Å²) in [6, 6.07) is -0.742. The quantitative estimate of drug-likeness (QED) is 0.570. The van der Waals surface area contributed by atoms with Crippen LogP contribution >= 0.6 is 11.8 Å². The van der Waals surface area contributed by atoms with Crippen LogP contribution in [0.5, 0.6) is 0 Å². The molecule has 90 valence electrons. The minimum Gasteiger partial charge on any atom is -0.468 e. The van der Waals surface area contributed by atoms with E-state index in [0.29, 0.717) is 12.2 Å². The van der Waals surface area contributed by atoms with Crippen molar-refractivity contribution in [3.63, 3.8) is 0 Å². The smallest absolute Gasteiger partial charge is 0.389 e. The molecule has 0 fully saturated rings. The van der Waals surface area contributed by atoms with Crippen LogP contribution in [-0.4, -0.2) is 36.8 Å². The Morgan fingerprint density at radius 2 is 2.07 bits per heavy atom. The van der Waals surface area contributed by atoms with Crippen LogP contribution in [0.1, 0.15) is 12.8 Å². The second-order valence-electron chi connectivity index (χ2n) is 2.90. The zero-order chi connectivity index (χ0) is 11.9. The first-order valence-corrected chi connectivity index (χ1v) is 5.50. The molecule has 0 aromatic carbocycles.